The highest BCUT2D eigenvalue weighted by Crippen LogP contribution is 2.27. The largest absolute Gasteiger partial charge is 0.268 e. The van der Waals surface area contributed by atoms with Crippen molar-refractivity contribution in [2.75, 3.05) is 0 Å². The summed E-state index contributed by atoms with van der Waals surface area (Å²) < 4.78 is 3.63. The highest BCUT2D eigenvalue weighted by atomic mass is 32.2. The Balaban J connectivity index is 1.64. The van der Waals surface area contributed by atoms with Gasteiger partial charge in [-0.1, -0.05) is 56.8 Å². The molecule has 0 aliphatic carbocycles. The third kappa shape index (κ3) is 3.63. The van der Waals surface area contributed by atoms with Crippen LogP contribution in [0, 0.1) is 0 Å². The predicted octanol–water partition coefficient (Wildman–Crippen LogP) is 5.47. The van der Waals surface area contributed by atoms with Crippen molar-refractivity contribution in [2.24, 2.45) is 0 Å². The molecule has 0 atom stereocenters. The second kappa shape index (κ2) is 8.52. The number of hydrogen-bond donors (Lipinski definition) is 0. The fourth-order valence-corrected chi connectivity index (χ4v) is 5.45. The molecule has 0 aliphatic rings. The van der Waals surface area contributed by atoms with Gasteiger partial charge in [-0.3, -0.25) is 9.20 Å². The third-order valence-electron chi connectivity index (χ3n) is 5.41. The van der Waals surface area contributed by atoms with Gasteiger partial charge in [0.1, 0.15) is 0 Å². The first-order chi connectivity index (χ1) is 15.6. The molecule has 0 amide bonds. The molecule has 5 aromatic rings. The SMILES string of the molecule is CCc1ccc(-n2c(=O)c3ccccc3n3c(SCc4csc(C(C)C)n4)nnc23)cc1. The number of benzene rings is 2. The summed E-state index contributed by atoms with van der Waals surface area (Å²) in [5.41, 5.74) is 3.76. The second-order valence-corrected chi connectivity index (χ2v) is 9.75. The maximum Gasteiger partial charge on any atom is 0.267 e. The van der Waals surface area contributed by atoms with Gasteiger partial charge in [0.15, 0.2) is 5.16 Å². The summed E-state index contributed by atoms with van der Waals surface area (Å²) in [6, 6.07) is 15.7. The van der Waals surface area contributed by atoms with Crippen molar-refractivity contribution < 1.29 is 0 Å². The summed E-state index contributed by atoms with van der Waals surface area (Å²) in [4.78, 5) is 18.2. The number of para-hydroxylation sites is 1. The quantitative estimate of drug-likeness (QED) is 0.314. The monoisotopic (exact) mass is 461 g/mol. The van der Waals surface area contributed by atoms with E-state index in [0.717, 1.165) is 33.5 Å². The van der Waals surface area contributed by atoms with E-state index in [4.69, 9.17) is 4.98 Å². The minimum absolute atomic E-state index is 0.0950. The van der Waals surface area contributed by atoms with E-state index in [1.54, 1.807) is 27.7 Å². The highest BCUT2D eigenvalue weighted by Gasteiger charge is 2.18. The minimum Gasteiger partial charge on any atom is -0.268 e. The van der Waals surface area contributed by atoms with Crippen LogP contribution in [0.1, 0.15) is 43.0 Å². The predicted molar refractivity (Wildman–Crippen MR) is 131 cm³/mol. The van der Waals surface area contributed by atoms with Crippen LogP contribution in [0.2, 0.25) is 0 Å². The van der Waals surface area contributed by atoms with Gasteiger partial charge in [0.25, 0.3) is 5.56 Å². The Morgan fingerprint density at radius 2 is 1.84 bits per heavy atom. The van der Waals surface area contributed by atoms with Crippen LogP contribution in [0.15, 0.2) is 63.9 Å². The van der Waals surface area contributed by atoms with Crippen LogP contribution in [0.3, 0.4) is 0 Å². The van der Waals surface area contributed by atoms with Crippen LogP contribution in [0.25, 0.3) is 22.4 Å². The van der Waals surface area contributed by atoms with Crippen LogP contribution in [-0.2, 0) is 12.2 Å². The van der Waals surface area contributed by atoms with Gasteiger partial charge in [-0.15, -0.1) is 21.5 Å². The Labute approximate surface area is 194 Å². The molecule has 8 heteroatoms. The number of rotatable bonds is 6. The average Bonchev–Trinajstić information content (AvgIpc) is 3.46. The lowest BCUT2D eigenvalue weighted by Crippen LogP contribution is -2.21. The smallest absolute Gasteiger partial charge is 0.267 e. The first-order valence-electron chi connectivity index (χ1n) is 10.6. The lowest BCUT2D eigenvalue weighted by atomic mass is 10.1. The fraction of sp³-hybridized carbons (Fsp3) is 0.250. The molecule has 2 aromatic carbocycles. The molecule has 0 spiro atoms. The van der Waals surface area contributed by atoms with E-state index in [-0.39, 0.29) is 5.56 Å². The zero-order chi connectivity index (χ0) is 22.2. The maximum absolute atomic E-state index is 13.4. The molecule has 0 saturated heterocycles. The molecular formula is C24H23N5OS2. The van der Waals surface area contributed by atoms with Gasteiger partial charge < -0.3 is 0 Å². The lowest BCUT2D eigenvalue weighted by molar-refractivity contribution is 0.846. The molecular weight excluding hydrogens is 438 g/mol. The molecule has 0 aliphatic heterocycles. The zero-order valence-corrected chi connectivity index (χ0v) is 19.8. The van der Waals surface area contributed by atoms with Crippen molar-refractivity contribution in [2.45, 2.75) is 44.0 Å². The van der Waals surface area contributed by atoms with Gasteiger partial charge in [-0.2, -0.15) is 0 Å². The molecule has 0 bridgehead atoms. The van der Waals surface area contributed by atoms with Gasteiger partial charge in [0.2, 0.25) is 5.78 Å². The van der Waals surface area contributed by atoms with E-state index in [9.17, 15) is 4.79 Å². The van der Waals surface area contributed by atoms with Gasteiger partial charge >= 0.3 is 0 Å². The Kier molecular flexibility index (Phi) is 5.57. The van der Waals surface area contributed by atoms with E-state index in [2.05, 4.69) is 36.3 Å². The number of aryl methyl sites for hydroxylation is 1. The number of thioether (sulfide) groups is 1. The number of fused-ring (bicyclic) bond motifs is 3. The molecule has 162 valence electrons. The molecule has 32 heavy (non-hydrogen) atoms. The molecule has 3 aromatic heterocycles. The van der Waals surface area contributed by atoms with Gasteiger partial charge in [-0.25, -0.2) is 9.55 Å². The summed E-state index contributed by atoms with van der Waals surface area (Å²) in [6.45, 7) is 6.42. The lowest BCUT2D eigenvalue weighted by Gasteiger charge is -2.11. The number of thiazole rings is 1. The van der Waals surface area contributed by atoms with Crippen molar-refractivity contribution in [1.29, 1.82) is 0 Å². The Morgan fingerprint density at radius 1 is 1.06 bits per heavy atom. The highest BCUT2D eigenvalue weighted by molar-refractivity contribution is 7.98. The topological polar surface area (TPSA) is 65.1 Å². The van der Waals surface area contributed by atoms with Gasteiger partial charge in [0.05, 0.1) is 27.3 Å². The Morgan fingerprint density at radius 3 is 2.56 bits per heavy atom. The number of aromatic nitrogens is 5. The first kappa shape index (κ1) is 20.9. The van der Waals surface area contributed by atoms with E-state index >= 15 is 0 Å². The van der Waals surface area contributed by atoms with E-state index in [1.165, 1.54) is 5.56 Å². The third-order valence-corrected chi connectivity index (χ3v) is 7.57. The van der Waals surface area contributed by atoms with Crippen LogP contribution < -0.4 is 5.56 Å². The van der Waals surface area contributed by atoms with Crippen LogP contribution in [0.4, 0.5) is 0 Å². The van der Waals surface area contributed by atoms with Crippen molar-refractivity contribution in [1.82, 2.24) is 24.1 Å². The minimum atomic E-state index is -0.0950. The normalized spacial score (nSPS) is 11.8. The number of hydrogen-bond acceptors (Lipinski definition) is 6. The molecule has 5 rings (SSSR count). The fourth-order valence-electron chi connectivity index (χ4n) is 3.68. The summed E-state index contributed by atoms with van der Waals surface area (Å²) in [5.74, 6) is 1.63. The van der Waals surface area contributed by atoms with E-state index < -0.39 is 0 Å². The molecule has 0 radical (unpaired) electrons. The van der Waals surface area contributed by atoms with E-state index in [1.807, 2.05) is 52.9 Å². The van der Waals surface area contributed by atoms with Crippen molar-refractivity contribution >= 4 is 39.8 Å². The van der Waals surface area contributed by atoms with Crippen molar-refractivity contribution in [3.05, 3.63) is 80.5 Å². The van der Waals surface area contributed by atoms with Crippen molar-refractivity contribution in [3.63, 3.8) is 0 Å². The zero-order valence-electron chi connectivity index (χ0n) is 18.1. The van der Waals surface area contributed by atoms with Crippen molar-refractivity contribution in [3.8, 4) is 5.69 Å². The average molecular weight is 462 g/mol. The van der Waals surface area contributed by atoms with E-state index in [0.29, 0.717) is 22.8 Å². The summed E-state index contributed by atoms with van der Waals surface area (Å²) in [6.07, 6.45) is 0.948. The molecule has 0 fully saturated rings. The van der Waals surface area contributed by atoms with Gasteiger partial charge in [-0.05, 0) is 36.2 Å². The first-order valence-corrected chi connectivity index (χ1v) is 12.5. The van der Waals surface area contributed by atoms with Crippen LogP contribution >= 0.6 is 23.1 Å². The summed E-state index contributed by atoms with van der Waals surface area (Å²) in [5, 5.41) is 13.5. The Bertz CT molecular complexity index is 1460. The van der Waals surface area contributed by atoms with Crippen LogP contribution in [0.5, 0.6) is 0 Å². The standard InChI is InChI=1S/C24H23N5OS2/c1-4-16-9-11-18(12-10-16)28-22(30)19-7-5-6-8-20(19)29-23(28)26-27-24(29)32-14-17-13-31-21(25-17)15(2)3/h5-13,15H,4,14H2,1-3H3. The van der Waals surface area contributed by atoms with Crippen LogP contribution in [-0.4, -0.2) is 24.1 Å². The van der Waals surface area contributed by atoms with Gasteiger partial charge in [0, 0.05) is 17.1 Å². The Hall–Kier alpha value is -2.97. The molecule has 0 unspecified atom stereocenters. The molecule has 0 N–H and O–H groups in total. The summed E-state index contributed by atoms with van der Waals surface area (Å²) in [7, 11) is 0. The molecule has 0 saturated carbocycles. The summed E-state index contributed by atoms with van der Waals surface area (Å²) >= 11 is 3.28. The maximum atomic E-state index is 13.4. The molecule has 6 nitrogen and oxygen atoms in total. The second-order valence-electron chi connectivity index (χ2n) is 7.92. The molecule has 3 heterocycles. The number of nitrogens with zero attached hydrogens (tertiary/aromatic N) is 5.